The fourth-order valence-electron chi connectivity index (χ4n) is 2.88. The molecule has 0 aromatic carbocycles. The lowest BCUT2D eigenvalue weighted by molar-refractivity contribution is -0.354. The molecule has 17 nitrogen and oxygen atoms in total. The van der Waals surface area contributed by atoms with Gasteiger partial charge < -0.3 is 64.4 Å². The summed E-state index contributed by atoms with van der Waals surface area (Å²) in [5.74, 6) is 0. The van der Waals surface area contributed by atoms with Gasteiger partial charge in [-0.1, -0.05) is 0 Å². The minimum atomic E-state index is -5.03. The first kappa shape index (κ1) is 27.1. The molecule has 31 heavy (non-hydrogen) atoms. The van der Waals surface area contributed by atoms with Crippen molar-refractivity contribution in [3.63, 3.8) is 0 Å². The van der Waals surface area contributed by atoms with Crippen molar-refractivity contribution in [2.24, 2.45) is 0 Å². The molecular weight excluding hydrogens is 478 g/mol. The first-order valence-electron chi connectivity index (χ1n) is 8.55. The zero-order valence-corrected chi connectivity index (χ0v) is 17.2. The first-order chi connectivity index (χ1) is 14.1. The molecule has 0 radical (unpaired) electrons. The van der Waals surface area contributed by atoms with Gasteiger partial charge in [-0.15, -0.1) is 0 Å². The van der Waals surface area contributed by atoms with E-state index in [1.54, 1.807) is 0 Å². The molecule has 2 saturated heterocycles. The van der Waals surface area contributed by atoms with Gasteiger partial charge in [0, 0.05) is 0 Å². The van der Waals surface area contributed by atoms with Gasteiger partial charge in [0.1, 0.15) is 48.8 Å². The Balaban J connectivity index is 2.17. The van der Waals surface area contributed by atoms with Crippen molar-refractivity contribution in [3.05, 3.63) is 0 Å². The van der Waals surface area contributed by atoms with E-state index in [0.29, 0.717) is 0 Å². The highest BCUT2D eigenvalue weighted by Crippen LogP contribution is 2.39. The van der Waals surface area contributed by atoms with E-state index in [-0.39, 0.29) is 0 Å². The lowest BCUT2D eigenvalue weighted by Gasteiger charge is -2.45. The second-order valence-electron chi connectivity index (χ2n) is 6.73. The van der Waals surface area contributed by atoms with Gasteiger partial charge in [0.2, 0.25) is 0 Å². The monoisotopic (exact) mass is 502 g/mol. The summed E-state index contributed by atoms with van der Waals surface area (Å²) in [4.78, 5) is 35.2. The average molecular weight is 502 g/mol. The third kappa shape index (κ3) is 7.43. The molecule has 184 valence electrons. The lowest BCUT2D eigenvalue weighted by Crippen LogP contribution is -2.64. The van der Waals surface area contributed by atoms with Crippen LogP contribution in [0, 0.1) is 0 Å². The van der Waals surface area contributed by atoms with Crippen LogP contribution in [0.4, 0.5) is 0 Å². The molecule has 2 rings (SSSR count). The van der Waals surface area contributed by atoms with Gasteiger partial charge in [-0.05, 0) is 0 Å². The normalized spacial score (nSPS) is 42.5. The number of phosphoric acid groups is 2. The van der Waals surface area contributed by atoms with E-state index < -0.39 is 90.3 Å². The standard InChI is InChI=1S/C12H24O17P2/c13-5-3(1-25-30(19,20)21)28-12(9(17)6(5)14)29-10-4(2-26-31(22,23)24)27-11(18)8(16)7(10)15/h3-18H,1-2H2,(H2,19,20,21)(H2,22,23,24)/t3-,4-,5-,6+,7-,8-,9-,10-,11-,12-/m1/s1. The Morgan fingerprint density at radius 1 is 0.645 bits per heavy atom. The third-order valence-corrected chi connectivity index (χ3v) is 5.40. The van der Waals surface area contributed by atoms with E-state index in [4.69, 9.17) is 33.8 Å². The molecule has 2 aliphatic rings. The second kappa shape index (κ2) is 10.4. The summed E-state index contributed by atoms with van der Waals surface area (Å²) in [6, 6.07) is 0. The van der Waals surface area contributed by atoms with Crippen LogP contribution in [-0.2, 0) is 32.4 Å². The van der Waals surface area contributed by atoms with Gasteiger partial charge in [0.25, 0.3) is 0 Å². The molecule has 2 fully saturated rings. The predicted octanol–water partition coefficient (Wildman–Crippen LogP) is -5.16. The summed E-state index contributed by atoms with van der Waals surface area (Å²) < 4.78 is 45.5. The van der Waals surface area contributed by atoms with Crippen LogP contribution < -0.4 is 0 Å². The van der Waals surface area contributed by atoms with Gasteiger partial charge in [-0.25, -0.2) is 9.13 Å². The number of hydrogen-bond donors (Lipinski definition) is 10. The first-order valence-corrected chi connectivity index (χ1v) is 11.6. The molecule has 2 aliphatic heterocycles. The van der Waals surface area contributed by atoms with Crippen LogP contribution in [0.3, 0.4) is 0 Å². The van der Waals surface area contributed by atoms with Crippen LogP contribution in [0.2, 0.25) is 0 Å². The zero-order chi connectivity index (χ0) is 23.7. The second-order valence-corrected chi connectivity index (χ2v) is 9.21. The highest BCUT2D eigenvalue weighted by molar-refractivity contribution is 7.46. The Morgan fingerprint density at radius 3 is 1.68 bits per heavy atom. The van der Waals surface area contributed by atoms with Crippen molar-refractivity contribution in [1.82, 2.24) is 0 Å². The minimum Gasteiger partial charge on any atom is -0.387 e. The van der Waals surface area contributed by atoms with Crippen LogP contribution >= 0.6 is 15.6 Å². The van der Waals surface area contributed by atoms with Crippen LogP contribution in [0.1, 0.15) is 0 Å². The summed E-state index contributed by atoms with van der Waals surface area (Å²) in [6.45, 7) is -1.92. The molecule has 0 amide bonds. The van der Waals surface area contributed by atoms with Gasteiger partial charge in [0.15, 0.2) is 12.6 Å². The number of hydrogen-bond acceptors (Lipinski definition) is 13. The van der Waals surface area contributed by atoms with Crippen molar-refractivity contribution in [2.75, 3.05) is 13.2 Å². The number of rotatable bonds is 8. The van der Waals surface area contributed by atoms with E-state index in [2.05, 4.69) is 9.05 Å². The minimum absolute atomic E-state index is 0.953. The Kier molecular flexibility index (Phi) is 9.11. The fraction of sp³-hybridized carbons (Fsp3) is 1.00. The SMILES string of the molecule is O=P(O)(O)OC[C@H]1O[C@H](O[C@H]2[C@H](O)[C@@H](O)[C@H](O)O[C@@H]2COP(=O)(O)O)[C@H](O)[C@@H](O)[C@@H]1O. The number of aliphatic hydroxyl groups is 6. The highest BCUT2D eigenvalue weighted by Gasteiger charge is 2.51. The van der Waals surface area contributed by atoms with Gasteiger partial charge in [-0.3, -0.25) is 9.05 Å². The Labute approximate surface area is 173 Å². The van der Waals surface area contributed by atoms with Crippen molar-refractivity contribution < 1.29 is 82.6 Å². The molecule has 0 bridgehead atoms. The smallest absolute Gasteiger partial charge is 0.387 e. The Hall–Kier alpha value is -0.140. The number of ether oxygens (including phenoxy) is 3. The highest BCUT2D eigenvalue weighted by atomic mass is 31.2. The molecule has 0 spiro atoms. The molecule has 0 unspecified atom stereocenters. The maximum Gasteiger partial charge on any atom is 0.469 e. The van der Waals surface area contributed by atoms with Gasteiger partial charge >= 0.3 is 15.6 Å². The van der Waals surface area contributed by atoms with Gasteiger partial charge in [-0.2, -0.15) is 0 Å². The maximum atomic E-state index is 10.9. The average Bonchev–Trinajstić information content (AvgIpc) is 2.64. The van der Waals surface area contributed by atoms with Crippen LogP contribution in [-0.4, -0.2) is 125 Å². The number of aliphatic hydroxyl groups excluding tert-OH is 6. The van der Waals surface area contributed by atoms with Crippen molar-refractivity contribution >= 4 is 15.6 Å². The summed E-state index contributed by atoms with van der Waals surface area (Å²) in [5.41, 5.74) is 0. The van der Waals surface area contributed by atoms with E-state index in [9.17, 15) is 39.8 Å². The molecule has 10 atom stereocenters. The van der Waals surface area contributed by atoms with E-state index in [1.807, 2.05) is 0 Å². The van der Waals surface area contributed by atoms with Gasteiger partial charge in [0.05, 0.1) is 13.2 Å². The number of phosphoric ester groups is 2. The molecule has 0 saturated carbocycles. The third-order valence-electron chi connectivity index (χ3n) is 4.43. The molecule has 0 aliphatic carbocycles. The van der Waals surface area contributed by atoms with Crippen molar-refractivity contribution in [3.8, 4) is 0 Å². The molecule has 10 N–H and O–H groups in total. The van der Waals surface area contributed by atoms with E-state index in [0.717, 1.165) is 0 Å². The molecule has 19 heteroatoms. The summed E-state index contributed by atoms with van der Waals surface area (Å²) in [7, 11) is -10.0. The summed E-state index contributed by atoms with van der Waals surface area (Å²) in [6.07, 6.45) is -18.8. The molecule has 0 aromatic heterocycles. The summed E-state index contributed by atoms with van der Waals surface area (Å²) in [5, 5.41) is 59.5. The van der Waals surface area contributed by atoms with E-state index >= 15 is 0 Å². The quantitative estimate of drug-likeness (QED) is 0.139. The Bertz CT molecular complexity index is 680. The maximum absolute atomic E-state index is 10.9. The Morgan fingerprint density at radius 2 is 1.16 bits per heavy atom. The van der Waals surface area contributed by atoms with Crippen molar-refractivity contribution in [1.29, 1.82) is 0 Å². The fourth-order valence-corrected chi connectivity index (χ4v) is 3.57. The topological polar surface area (TPSA) is 283 Å². The van der Waals surface area contributed by atoms with Crippen LogP contribution in [0.5, 0.6) is 0 Å². The molecule has 0 aromatic rings. The zero-order valence-electron chi connectivity index (χ0n) is 15.4. The van der Waals surface area contributed by atoms with E-state index in [1.165, 1.54) is 0 Å². The molecular formula is C12H24O17P2. The summed E-state index contributed by atoms with van der Waals surface area (Å²) >= 11 is 0. The van der Waals surface area contributed by atoms with Crippen LogP contribution in [0.15, 0.2) is 0 Å². The van der Waals surface area contributed by atoms with Crippen LogP contribution in [0.25, 0.3) is 0 Å². The largest absolute Gasteiger partial charge is 0.469 e. The molecule has 2 heterocycles. The predicted molar refractivity (Wildman–Crippen MR) is 90.4 cm³/mol. The van der Waals surface area contributed by atoms with Crippen molar-refractivity contribution in [2.45, 2.75) is 61.4 Å². The lowest BCUT2D eigenvalue weighted by atomic mass is 9.97.